The summed E-state index contributed by atoms with van der Waals surface area (Å²) in [6, 6.07) is 10.6. The van der Waals surface area contributed by atoms with Crippen molar-refractivity contribution in [3.8, 4) is 5.75 Å². The number of carbonyl (C=O) groups is 1. The Morgan fingerprint density at radius 2 is 2.12 bits per heavy atom. The summed E-state index contributed by atoms with van der Waals surface area (Å²) in [4.78, 5) is 16.8. The molecule has 3 heterocycles. The Hall–Kier alpha value is -2.87. The van der Waals surface area contributed by atoms with Crippen LogP contribution in [0, 0.1) is 0 Å². The molecule has 3 aromatic rings. The van der Waals surface area contributed by atoms with E-state index in [1.165, 1.54) is 4.40 Å². The largest absolute Gasteiger partial charge is 0.493 e. The van der Waals surface area contributed by atoms with Crippen LogP contribution < -0.4 is 10.1 Å². The number of carbonyl (C=O) groups excluding carboxylic acids is 1. The fraction of sp³-hybridized carbons (Fsp3) is 0.222. The van der Waals surface area contributed by atoms with Gasteiger partial charge >= 0.3 is 0 Å². The van der Waals surface area contributed by atoms with Crippen LogP contribution in [-0.4, -0.2) is 36.6 Å². The number of ether oxygens (including phenoxy) is 1. The third kappa shape index (κ3) is 2.92. The number of benzene rings is 1. The topological polar surface area (TPSA) is 89.8 Å². The van der Waals surface area contributed by atoms with E-state index in [1.807, 2.05) is 12.1 Å². The average Bonchev–Trinajstić information content (AvgIpc) is 3.02. The standard InChI is InChI=1S/C18H17N3O4S/c1-26(23,24)18-20-16(14-6-2-3-9-21(14)18)17(22)19-13-7-8-15-12(11-13)5-4-10-25-15/h2-3,6-9,11H,4-5,10H2,1H3,(H,19,22). The van der Waals surface area contributed by atoms with Crippen molar-refractivity contribution in [3.05, 3.63) is 53.9 Å². The van der Waals surface area contributed by atoms with Crippen LogP contribution >= 0.6 is 0 Å². The van der Waals surface area contributed by atoms with Crippen LogP contribution in [0.25, 0.3) is 5.52 Å². The molecular weight excluding hydrogens is 354 g/mol. The zero-order valence-electron chi connectivity index (χ0n) is 14.1. The maximum absolute atomic E-state index is 12.7. The van der Waals surface area contributed by atoms with Crippen LogP contribution in [0.15, 0.2) is 47.8 Å². The number of nitrogens with one attached hydrogen (secondary N) is 1. The predicted octanol–water partition coefficient (Wildman–Crippen LogP) is 2.32. The Kier molecular flexibility index (Phi) is 3.91. The molecular formula is C18H17N3O4S. The number of rotatable bonds is 3. The minimum Gasteiger partial charge on any atom is -0.493 e. The number of aromatic nitrogens is 2. The van der Waals surface area contributed by atoms with Gasteiger partial charge in [0.2, 0.25) is 15.0 Å². The highest BCUT2D eigenvalue weighted by Gasteiger charge is 2.23. The Morgan fingerprint density at radius 1 is 1.27 bits per heavy atom. The second-order valence-corrected chi connectivity index (χ2v) is 8.11. The fourth-order valence-electron chi connectivity index (χ4n) is 3.07. The van der Waals surface area contributed by atoms with Crippen molar-refractivity contribution in [1.82, 2.24) is 9.38 Å². The molecule has 1 aromatic carbocycles. The number of hydrogen-bond acceptors (Lipinski definition) is 5. The van der Waals surface area contributed by atoms with Crippen LogP contribution in [0.4, 0.5) is 5.69 Å². The van der Waals surface area contributed by atoms with Gasteiger partial charge in [-0.3, -0.25) is 9.20 Å². The van der Waals surface area contributed by atoms with Gasteiger partial charge in [0.15, 0.2) is 5.69 Å². The van der Waals surface area contributed by atoms with Crippen LogP contribution in [0.1, 0.15) is 22.5 Å². The number of anilines is 1. The molecule has 1 aliphatic rings. The van der Waals surface area contributed by atoms with Gasteiger partial charge in [-0.1, -0.05) is 6.07 Å². The molecule has 0 unspecified atom stereocenters. The Morgan fingerprint density at radius 3 is 2.92 bits per heavy atom. The van der Waals surface area contributed by atoms with E-state index in [-0.39, 0.29) is 10.9 Å². The number of aryl methyl sites for hydroxylation is 1. The third-order valence-corrected chi connectivity index (χ3v) is 5.18. The van der Waals surface area contributed by atoms with Crippen molar-refractivity contribution in [2.75, 3.05) is 18.2 Å². The van der Waals surface area contributed by atoms with Gasteiger partial charge in [-0.2, -0.15) is 0 Å². The molecule has 2 aromatic heterocycles. The van der Waals surface area contributed by atoms with Gasteiger partial charge in [0.05, 0.1) is 12.1 Å². The number of nitrogens with zero attached hydrogens (tertiary/aromatic N) is 2. The lowest BCUT2D eigenvalue weighted by Crippen LogP contribution is -2.14. The van der Waals surface area contributed by atoms with Gasteiger partial charge in [0.25, 0.3) is 5.91 Å². The summed E-state index contributed by atoms with van der Waals surface area (Å²) >= 11 is 0. The Balaban J connectivity index is 1.71. The van der Waals surface area contributed by atoms with Crippen molar-refractivity contribution < 1.29 is 17.9 Å². The van der Waals surface area contributed by atoms with Crippen molar-refractivity contribution in [3.63, 3.8) is 0 Å². The smallest absolute Gasteiger partial charge is 0.276 e. The highest BCUT2D eigenvalue weighted by Crippen LogP contribution is 2.28. The average molecular weight is 371 g/mol. The van der Waals surface area contributed by atoms with Crippen molar-refractivity contribution in [2.45, 2.75) is 18.0 Å². The maximum Gasteiger partial charge on any atom is 0.276 e. The number of sulfone groups is 1. The summed E-state index contributed by atoms with van der Waals surface area (Å²) in [5.41, 5.74) is 2.17. The van der Waals surface area contributed by atoms with Gasteiger partial charge in [-0.05, 0) is 48.7 Å². The Labute approximate surface area is 150 Å². The lowest BCUT2D eigenvalue weighted by molar-refractivity contribution is 0.102. The van der Waals surface area contributed by atoms with Crippen LogP contribution in [-0.2, 0) is 16.3 Å². The molecule has 0 atom stereocenters. The molecule has 0 bridgehead atoms. The zero-order chi connectivity index (χ0) is 18.3. The van der Waals surface area contributed by atoms with Crippen LogP contribution in [0.3, 0.4) is 0 Å². The zero-order valence-corrected chi connectivity index (χ0v) is 14.9. The summed E-state index contributed by atoms with van der Waals surface area (Å²) in [5, 5.41) is 2.64. The van der Waals surface area contributed by atoms with Crippen molar-refractivity contribution in [1.29, 1.82) is 0 Å². The second-order valence-electron chi connectivity index (χ2n) is 6.20. The van der Waals surface area contributed by atoms with E-state index < -0.39 is 15.7 Å². The number of pyridine rings is 1. The van der Waals surface area contributed by atoms with E-state index in [0.29, 0.717) is 17.8 Å². The molecule has 8 heteroatoms. The molecule has 26 heavy (non-hydrogen) atoms. The number of imidazole rings is 1. The monoisotopic (exact) mass is 371 g/mol. The van der Waals surface area contributed by atoms with Gasteiger partial charge < -0.3 is 10.1 Å². The van der Waals surface area contributed by atoms with Crippen LogP contribution in [0.5, 0.6) is 5.75 Å². The molecule has 0 spiro atoms. The summed E-state index contributed by atoms with van der Waals surface area (Å²) in [6.07, 6.45) is 4.48. The highest BCUT2D eigenvalue weighted by atomic mass is 32.2. The molecule has 1 N–H and O–H groups in total. The maximum atomic E-state index is 12.7. The SMILES string of the molecule is CS(=O)(=O)c1nc(C(=O)Nc2ccc3c(c2)CCCO3)c2ccccn12. The molecule has 1 amide bonds. The summed E-state index contributed by atoms with van der Waals surface area (Å²) in [6.45, 7) is 0.702. The molecule has 1 aliphatic heterocycles. The second kappa shape index (κ2) is 6.14. The quantitative estimate of drug-likeness (QED) is 0.763. The third-order valence-electron chi connectivity index (χ3n) is 4.23. The first-order valence-electron chi connectivity index (χ1n) is 8.18. The number of amides is 1. The molecule has 0 saturated carbocycles. The molecule has 134 valence electrons. The van der Waals surface area contributed by atoms with E-state index in [0.717, 1.165) is 30.4 Å². The van der Waals surface area contributed by atoms with Gasteiger partial charge in [0.1, 0.15) is 5.75 Å². The first kappa shape index (κ1) is 16.6. The number of hydrogen-bond donors (Lipinski definition) is 1. The van der Waals surface area contributed by atoms with E-state index in [2.05, 4.69) is 10.3 Å². The first-order valence-corrected chi connectivity index (χ1v) is 10.1. The van der Waals surface area contributed by atoms with Gasteiger partial charge in [-0.15, -0.1) is 0 Å². The fourth-order valence-corrected chi connectivity index (χ4v) is 3.84. The minimum atomic E-state index is -3.57. The lowest BCUT2D eigenvalue weighted by Gasteiger charge is -2.17. The van der Waals surface area contributed by atoms with Gasteiger partial charge in [-0.25, -0.2) is 13.4 Å². The van der Waals surface area contributed by atoms with Crippen LogP contribution in [0.2, 0.25) is 0 Å². The minimum absolute atomic E-state index is 0.0694. The van der Waals surface area contributed by atoms with E-state index >= 15 is 0 Å². The summed E-state index contributed by atoms with van der Waals surface area (Å²) < 4.78 is 30.9. The molecule has 0 aliphatic carbocycles. The normalized spacial score (nSPS) is 13.9. The molecule has 0 fully saturated rings. The summed E-state index contributed by atoms with van der Waals surface area (Å²) in [5.74, 6) is 0.376. The lowest BCUT2D eigenvalue weighted by atomic mass is 10.1. The first-order chi connectivity index (χ1) is 12.4. The van der Waals surface area contributed by atoms with E-state index in [9.17, 15) is 13.2 Å². The molecule has 0 saturated heterocycles. The molecule has 0 radical (unpaired) electrons. The molecule has 7 nitrogen and oxygen atoms in total. The number of fused-ring (bicyclic) bond motifs is 2. The summed E-state index contributed by atoms with van der Waals surface area (Å²) in [7, 11) is -3.57. The van der Waals surface area contributed by atoms with Crippen molar-refractivity contribution in [2.24, 2.45) is 0 Å². The van der Waals surface area contributed by atoms with E-state index in [1.54, 1.807) is 30.5 Å². The Bertz CT molecular complexity index is 1120. The van der Waals surface area contributed by atoms with Gasteiger partial charge in [0, 0.05) is 18.1 Å². The van der Waals surface area contributed by atoms with Crippen molar-refractivity contribution >= 4 is 26.9 Å². The highest BCUT2D eigenvalue weighted by molar-refractivity contribution is 7.90. The molecule has 4 rings (SSSR count). The predicted molar refractivity (Wildman–Crippen MR) is 96.5 cm³/mol. The van der Waals surface area contributed by atoms with E-state index in [4.69, 9.17) is 4.74 Å².